The van der Waals surface area contributed by atoms with Gasteiger partial charge in [0.05, 0.1) is 11.8 Å². The zero-order valence-corrected chi connectivity index (χ0v) is 13.7. The molecule has 1 saturated heterocycles. The van der Waals surface area contributed by atoms with E-state index in [9.17, 15) is 5.11 Å². The highest BCUT2D eigenvalue weighted by atomic mass is 16.3. The maximum atomic E-state index is 10.3. The van der Waals surface area contributed by atoms with E-state index < -0.39 is 0 Å². The lowest BCUT2D eigenvalue weighted by Gasteiger charge is -2.45. The Labute approximate surface area is 136 Å². The lowest BCUT2D eigenvalue weighted by molar-refractivity contribution is 0.00576. The van der Waals surface area contributed by atoms with Gasteiger partial charge in [-0.2, -0.15) is 5.10 Å². The quantitative estimate of drug-likeness (QED) is 0.917. The van der Waals surface area contributed by atoms with Gasteiger partial charge < -0.3 is 10.0 Å². The molecule has 2 unspecified atom stereocenters. The first-order valence-electron chi connectivity index (χ1n) is 8.42. The largest absolute Gasteiger partial charge is 0.392 e. The molecule has 2 atom stereocenters. The van der Waals surface area contributed by atoms with Crippen molar-refractivity contribution < 1.29 is 5.11 Å². The van der Waals surface area contributed by atoms with Crippen LogP contribution in [-0.2, 0) is 0 Å². The van der Waals surface area contributed by atoms with Crippen LogP contribution in [0, 0.1) is 25.7 Å². The van der Waals surface area contributed by atoms with Gasteiger partial charge in [0.1, 0.15) is 0 Å². The molecule has 3 heterocycles. The zero-order valence-electron chi connectivity index (χ0n) is 13.7. The molecular weight excluding hydrogens is 290 g/mol. The van der Waals surface area contributed by atoms with Crippen LogP contribution in [0.3, 0.4) is 0 Å². The third-order valence-corrected chi connectivity index (χ3v) is 5.21. The number of hydrogen-bond acceptors (Lipinski definition) is 5. The first-order valence-corrected chi connectivity index (χ1v) is 8.42. The molecule has 1 aliphatic carbocycles. The van der Waals surface area contributed by atoms with Crippen LogP contribution in [0.1, 0.15) is 30.7 Å². The lowest BCUT2D eigenvalue weighted by atomic mass is 9.75. The highest BCUT2D eigenvalue weighted by molar-refractivity contribution is 5.41. The lowest BCUT2D eigenvalue weighted by Crippen LogP contribution is -2.51. The summed E-state index contributed by atoms with van der Waals surface area (Å²) in [4.78, 5) is 2.28. The minimum Gasteiger partial charge on any atom is -0.392 e. The molecule has 0 amide bonds. The van der Waals surface area contributed by atoms with E-state index in [1.54, 1.807) is 0 Å². The van der Waals surface area contributed by atoms with Crippen molar-refractivity contribution in [2.24, 2.45) is 11.8 Å². The van der Waals surface area contributed by atoms with Crippen molar-refractivity contribution in [1.29, 1.82) is 0 Å². The average Bonchev–Trinajstić information content (AvgIpc) is 2.86. The molecule has 4 rings (SSSR count). The van der Waals surface area contributed by atoms with Gasteiger partial charge in [-0.05, 0) is 44.9 Å². The molecule has 1 N–H and O–H groups in total. The Morgan fingerprint density at radius 1 is 1.04 bits per heavy atom. The van der Waals surface area contributed by atoms with Crippen LogP contribution in [0.5, 0.6) is 0 Å². The average molecular weight is 313 g/mol. The Bertz CT molecular complexity index is 682. The van der Waals surface area contributed by atoms with Gasteiger partial charge in [-0.1, -0.05) is 6.42 Å². The summed E-state index contributed by atoms with van der Waals surface area (Å²) < 4.78 is 1.82. The molecule has 0 spiro atoms. The van der Waals surface area contributed by atoms with Gasteiger partial charge in [-0.25, -0.2) is 4.68 Å². The smallest absolute Gasteiger partial charge is 0.176 e. The Morgan fingerprint density at radius 2 is 1.70 bits per heavy atom. The number of aromatic nitrogens is 4. The molecule has 23 heavy (non-hydrogen) atoms. The van der Waals surface area contributed by atoms with Crippen molar-refractivity contribution in [1.82, 2.24) is 20.0 Å². The Morgan fingerprint density at radius 3 is 2.26 bits per heavy atom. The number of aryl methyl sites for hydroxylation is 2. The van der Waals surface area contributed by atoms with Crippen LogP contribution in [-0.4, -0.2) is 44.3 Å². The van der Waals surface area contributed by atoms with Gasteiger partial charge in [0.2, 0.25) is 0 Å². The summed E-state index contributed by atoms with van der Waals surface area (Å²) in [6.07, 6.45) is 3.33. The second kappa shape index (κ2) is 5.60. The number of hydrogen-bond donors (Lipinski definition) is 1. The summed E-state index contributed by atoms with van der Waals surface area (Å²) in [6, 6.07) is 6.03. The monoisotopic (exact) mass is 313 g/mol. The van der Waals surface area contributed by atoms with Gasteiger partial charge in [-0.3, -0.25) is 0 Å². The number of fused-ring (bicyclic) bond motifs is 2. The van der Waals surface area contributed by atoms with Crippen LogP contribution < -0.4 is 4.90 Å². The van der Waals surface area contributed by atoms with Crippen LogP contribution in [0.15, 0.2) is 18.2 Å². The predicted molar refractivity (Wildman–Crippen MR) is 87.7 cm³/mol. The topological polar surface area (TPSA) is 67.1 Å². The number of rotatable bonds is 2. The van der Waals surface area contributed by atoms with Gasteiger partial charge >= 0.3 is 0 Å². The molecule has 6 heteroatoms. The molecule has 2 aliphatic rings. The third-order valence-electron chi connectivity index (χ3n) is 5.21. The van der Waals surface area contributed by atoms with E-state index in [1.807, 2.05) is 36.7 Å². The molecule has 1 aliphatic heterocycles. The molecule has 1 saturated carbocycles. The number of aliphatic hydroxyl groups is 1. The van der Waals surface area contributed by atoms with E-state index in [-0.39, 0.29) is 6.10 Å². The van der Waals surface area contributed by atoms with Crippen LogP contribution in [0.4, 0.5) is 5.82 Å². The van der Waals surface area contributed by atoms with Crippen LogP contribution in [0.25, 0.3) is 5.82 Å². The second-order valence-electron chi connectivity index (χ2n) is 6.94. The molecular formula is C17H23N5O. The minimum absolute atomic E-state index is 0.137. The van der Waals surface area contributed by atoms with E-state index in [4.69, 9.17) is 0 Å². The molecule has 2 aromatic rings. The predicted octanol–water partition coefficient (Wildman–Crippen LogP) is 1.88. The van der Waals surface area contributed by atoms with Crippen LogP contribution >= 0.6 is 0 Å². The maximum absolute atomic E-state index is 10.3. The summed E-state index contributed by atoms with van der Waals surface area (Å²) in [5.74, 6) is 2.40. The number of aliphatic hydroxyl groups excluding tert-OH is 1. The van der Waals surface area contributed by atoms with Gasteiger partial charge in [0.15, 0.2) is 11.6 Å². The van der Waals surface area contributed by atoms with Crippen molar-refractivity contribution in [2.75, 3.05) is 18.0 Å². The molecule has 2 fully saturated rings. The summed E-state index contributed by atoms with van der Waals surface area (Å²) in [7, 11) is 0. The minimum atomic E-state index is -0.137. The summed E-state index contributed by atoms with van der Waals surface area (Å²) in [5.41, 5.74) is 2.03. The maximum Gasteiger partial charge on any atom is 0.176 e. The fourth-order valence-corrected chi connectivity index (χ4v) is 4.06. The number of nitrogens with zero attached hydrogens (tertiary/aromatic N) is 5. The summed E-state index contributed by atoms with van der Waals surface area (Å²) in [6.45, 7) is 5.75. The van der Waals surface area contributed by atoms with E-state index in [2.05, 4.69) is 20.2 Å². The standard InChI is InChI=1S/C17H23N5O/c1-11-8-12(2)22(20-11)16-7-6-15(18-19-16)21-9-13-4-3-5-14(10-21)17(13)23/h6-8,13-14,17,23H,3-5,9-10H2,1-2H3. The Kier molecular flexibility index (Phi) is 3.56. The zero-order chi connectivity index (χ0) is 16.0. The van der Waals surface area contributed by atoms with Crippen molar-refractivity contribution in [3.05, 3.63) is 29.6 Å². The molecule has 122 valence electrons. The molecule has 6 nitrogen and oxygen atoms in total. The Hall–Kier alpha value is -1.95. The third kappa shape index (κ3) is 2.61. The summed E-state index contributed by atoms with van der Waals surface area (Å²) in [5, 5.41) is 23.5. The van der Waals surface area contributed by atoms with E-state index in [0.29, 0.717) is 11.8 Å². The van der Waals surface area contributed by atoms with Crippen LogP contribution in [0.2, 0.25) is 0 Å². The number of anilines is 1. The van der Waals surface area contributed by atoms with Gasteiger partial charge in [-0.15, -0.1) is 10.2 Å². The molecule has 0 aromatic carbocycles. The number of piperidine rings is 1. The van der Waals surface area contributed by atoms with E-state index in [1.165, 1.54) is 6.42 Å². The first-order chi connectivity index (χ1) is 11.1. The van der Waals surface area contributed by atoms with Crippen molar-refractivity contribution in [2.45, 2.75) is 39.2 Å². The molecule has 2 aromatic heterocycles. The van der Waals surface area contributed by atoms with Crippen molar-refractivity contribution in [3.8, 4) is 5.82 Å². The molecule has 0 radical (unpaired) electrons. The van der Waals surface area contributed by atoms with Gasteiger partial charge in [0.25, 0.3) is 0 Å². The van der Waals surface area contributed by atoms with Gasteiger partial charge in [0, 0.05) is 30.6 Å². The van der Waals surface area contributed by atoms with Crippen molar-refractivity contribution in [3.63, 3.8) is 0 Å². The first kappa shape index (κ1) is 14.6. The highest BCUT2D eigenvalue weighted by Gasteiger charge is 2.38. The van der Waals surface area contributed by atoms with E-state index >= 15 is 0 Å². The highest BCUT2D eigenvalue weighted by Crippen LogP contribution is 2.36. The molecule has 2 bridgehead atoms. The SMILES string of the molecule is Cc1cc(C)n(-c2ccc(N3CC4CCCC(C3)C4O)nn2)n1. The Balaban J connectivity index is 1.56. The normalized spacial score (nSPS) is 27.3. The van der Waals surface area contributed by atoms with E-state index in [0.717, 1.165) is 49.0 Å². The summed E-state index contributed by atoms with van der Waals surface area (Å²) >= 11 is 0. The fraction of sp³-hybridized carbons (Fsp3) is 0.588. The van der Waals surface area contributed by atoms with Crippen molar-refractivity contribution >= 4 is 5.82 Å². The second-order valence-corrected chi connectivity index (χ2v) is 6.94. The fourth-order valence-electron chi connectivity index (χ4n) is 4.06.